The fraction of sp³-hybridized carbons (Fsp3) is 0.167. The number of ketones is 1. The monoisotopic (exact) mass is 251 g/mol. The van der Waals surface area contributed by atoms with Crippen LogP contribution >= 0.6 is 11.6 Å². The lowest BCUT2D eigenvalue weighted by Gasteiger charge is -2.01. The first-order valence-electron chi connectivity index (χ1n) is 4.96. The molecule has 1 heterocycles. The Labute approximate surface area is 103 Å². The van der Waals surface area contributed by atoms with Gasteiger partial charge < -0.3 is 9.30 Å². The number of ether oxygens (including phenoxy) is 1. The van der Waals surface area contributed by atoms with Crippen LogP contribution in [0.15, 0.2) is 30.5 Å². The van der Waals surface area contributed by atoms with Gasteiger partial charge in [0.1, 0.15) is 6.73 Å². The van der Waals surface area contributed by atoms with Crippen molar-refractivity contribution in [1.29, 1.82) is 0 Å². The quantitative estimate of drug-likeness (QED) is 0.475. The topological polar surface area (TPSA) is 48.3 Å². The van der Waals surface area contributed by atoms with Crippen LogP contribution in [-0.2, 0) is 16.3 Å². The SMILES string of the molecule is COCn1cc(C(=O)C(=O)Cl)c2ccccc21. The summed E-state index contributed by atoms with van der Waals surface area (Å²) in [5, 5.41) is -0.283. The van der Waals surface area contributed by atoms with Crippen LogP contribution in [0.2, 0.25) is 0 Å². The summed E-state index contributed by atoms with van der Waals surface area (Å²) in [4.78, 5) is 22.6. The van der Waals surface area contributed by atoms with Crippen molar-refractivity contribution in [2.24, 2.45) is 0 Å². The van der Waals surface area contributed by atoms with E-state index in [1.165, 1.54) is 0 Å². The van der Waals surface area contributed by atoms with Gasteiger partial charge in [-0.3, -0.25) is 9.59 Å². The summed E-state index contributed by atoms with van der Waals surface area (Å²) in [6.45, 7) is 0.310. The summed E-state index contributed by atoms with van der Waals surface area (Å²) in [5.74, 6) is -0.697. The number of hydrogen-bond donors (Lipinski definition) is 0. The van der Waals surface area contributed by atoms with E-state index in [-0.39, 0.29) is 0 Å². The Morgan fingerprint density at radius 3 is 2.71 bits per heavy atom. The van der Waals surface area contributed by atoms with Gasteiger partial charge in [-0.05, 0) is 17.7 Å². The summed E-state index contributed by atoms with van der Waals surface area (Å²) in [6, 6.07) is 7.28. The molecule has 1 aromatic heterocycles. The normalized spacial score (nSPS) is 10.7. The van der Waals surface area contributed by atoms with E-state index < -0.39 is 11.0 Å². The van der Waals surface area contributed by atoms with Crippen LogP contribution in [0.4, 0.5) is 0 Å². The van der Waals surface area contributed by atoms with E-state index in [1.54, 1.807) is 30.0 Å². The molecule has 0 aliphatic carbocycles. The Kier molecular flexibility index (Phi) is 3.26. The molecule has 2 rings (SSSR count). The minimum Gasteiger partial charge on any atom is -0.364 e. The summed E-state index contributed by atoms with van der Waals surface area (Å²) in [6.07, 6.45) is 1.58. The van der Waals surface area contributed by atoms with Crippen molar-refractivity contribution in [3.05, 3.63) is 36.0 Å². The molecular formula is C12H10ClNO3. The molecule has 0 aliphatic rings. The second kappa shape index (κ2) is 4.69. The molecule has 0 saturated heterocycles. The fourth-order valence-corrected chi connectivity index (χ4v) is 1.88. The molecule has 0 N–H and O–H groups in total. The van der Waals surface area contributed by atoms with Gasteiger partial charge in [-0.1, -0.05) is 18.2 Å². The highest BCUT2D eigenvalue weighted by Gasteiger charge is 2.19. The van der Waals surface area contributed by atoms with Gasteiger partial charge in [-0.2, -0.15) is 0 Å². The van der Waals surface area contributed by atoms with E-state index in [0.717, 1.165) is 5.52 Å². The van der Waals surface area contributed by atoms with E-state index >= 15 is 0 Å². The molecule has 0 atom stereocenters. The molecule has 2 aromatic rings. The van der Waals surface area contributed by atoms with Crippen molar-refractivity contribution >= 4 is 33.5 Å². The standard InChI is InChI=1S/C12H10ClNO3/c1-17-7-14-6-9(11(15)12(13)16)8-4-2-3-5-10(8)14/h2-6H,7H2,1H3. The maximum absolute atomic E-state index is 11.6. The van der Waals surface area contributed by atoms with Crippen LogP contribution in [0.25, 0.3) is 10.9 Å². The molecule has 4 nitrogen and oxygen atoms in total. The number of aromatic nitrogens is 1. The fourth-order valence-electron chi connectivity index (χ4n) is 1.78. The second-order valence-corrected chi connectivity index (χ2v) is 3.89. The number of benzene rings is 1. The van der Waals surface area contributed by atoms with Gasteiger partial charge in [0.25, 0.3) is 5.24 Å². The van der Waals surface area contributed by atoms with Gasteiger partial charge in [0.2, 0.25) is 5.78 Å². The number of Topliss-reactive ketones (excluding diaryl/α,β-unsaturated/α-hetero) is 1. The summed E-state index contributed by atoms with van der Waals surface area (Å²) >= 11 is 5.22. The van der Waals surface area contributed by atoms with Gasteiger partial charge in [0.05, 0.1) is 11.1 Å². The summed E-state index contributed by atoms with van der Waals surface area (Å²) in [7, 11) is 1.56. The summed E-state index contributed by atoms with van der Waals surface area (Å²) in [5.41, 5.74) is 1.13. The van der Waals surface area contributed by atoms with Crippen LogP contribution in [0.3, 0.4) is 0 Å². The van der Waals surface area contributed by atoms with Crippen molar-refractivity contribution in [3.8, 4) is 0 Å². The zero-order valence-corrected chi connectivity index (χ0v) is 9.90. The number of halogens is 1. The molecule has 0 spiro atoms. The maximum atomic E-state index is 11.6. The lowest BCUT2D eigenvalue weighted by atomic mass is 10.1. The number of fused-ring (bicyclic) bond motifs is 1. The molecule has 88 valence electrons. The number of carbonyl (C=O) groups is 2. The molecular weight excluding hydrogens is 242 g/mol. The van der Waals surface area contributed by atoms with Gasteiger partial charge in [-0.25, -0.2) is 0 Å². The molecule has 0 bridgehead atoms. The number of carbonyl (C=O) groups excluding carboxylic acids is 2. The highest BCUT2D eigenvalue weighted by atomic mass is 35.5. The van der Waals surface area contributed by atoms with Crippen molar-refractivity contribution in [2.75, 3.05) is 7.11 Å². The average molecular weight is 252 g/mol. The van der Waals surface area contributed by atoms with Gasteiger partial charge in [-0.15, -0.1) is 0 Å². The lowest BCUT2D eigenvalue weighted by Crippen LogP contribution is -2.06. The lowest BCUT2D eigenvalue weighted by molar-refractivity contribution is -0.108. The first kappa shape index (κ1) is 11.8. The van der Waals surface area contributed by atoms with Crippen molar-refractivity contribution in [3.63, 3.8) is 0 Å². The maximum Gasteiger partial charge on any atom is 0.293 e. The third-order valence-electron chi connectivity index (χ3n) is 2.48. The molecule has 0 saturated carbocycles. The highest BCUT2D eigenvalue weighted by molar-refractivity contribution is 6.83. The van der Waals surface area contributed by atoms with Crippen LogP contribution in [-0.4, -0.2) is 22.7 Å². The number of hydrogen-bond acceptors (Lipinski definition) is 3. The van der Waals surface area contributed by atoms with Crippen molar-refractivity contribution < 1.29 is 14.3 Å². The van der Waals surface area contributed by atoms with Gasteiger partial charge in [0, 0.05) is 18.7 Å². The molecule has 0 unspecified atom stereocenters. The van der Waals surface area contributed by atoms with Crippen LogP contribution in [0, 0.1) is 0 Å². The van der Waals surface area contributed by atoms with Crippen LogP contribution in [0.1, 0.15) is 10.4 Å². The van der Waals surface area contributed by atoms with E-state index in [2.05, 4.69) is 0 Å². The van der Waals surface area contributed by atoms with Gasteiger partial charge in [0.15, 0.2) is 0 Å². The van der Waals surface area contributed by atoms with E-state index in [4.69, 9.17) is 16.3 Å². The molecule has 0 fully saturated rings. The number of methoxy groups -OCH3 is 1. The van der Waals surface area contributed by atoms with Crippen LogP contribution < -0.4 is 0 Å². The van der Waals surface area contributed by atoms with Crippen LogP contribution in [0.5, 0.6) is 0 Å². The Balaban J connectivity index is 2.64. The Morgan fingerprint density at radius 1 is 1.35 bits per heavy atom. The van der Waals surface area contributed by atoms with Crippen molar-refractivity contribution in [1.82, 2.24) is 4.57 Å². The molecule has 0 radical (unpaired) electrons. The zero-order chi connectivity index (χ0) is 12.4. The number of nitrogens with zero attached hydrogens (tertiary/aromatic N) is 1. The third-order valence-corrected chi connectivity index (χ3v) is 2.65. The minimum atomic E-state index is -0.981. The van der Waals surface area contributed by atoms with Gasteiger partial charge >= 0.3 is 0 Å². The number of para-hydroxylation sites is 1. The predicted octanol–water partition coefficient (Wildman–Crippen LogP) is 2.19. The molecule has 17 heavy (non-hydrogen) atoms. The molecule has 0 amide bonds. The largest absolute Gasteiger partial charge is 0.364 e. The van der Waals surface area contributed by atoms with Crippen molar-refractivity contribution in [2.45, 2.75) is 6.73 Å². The highest BCUT2D eigenvalue weighted by Crippen LogP contribution is 2.22. The second-order valence-electron chi connectivity index (χ2n) is 3.55. The summed E-state index contributed by atoms with van der Waals surface area (Å²) < 4.78 is 6.78. The predicted molar refractivity (Wildman–Crippen MR) is 64.1 cm³/mol. The Morgan fingerprint density at radius 2 is 2.06 bits per heavy atom. The first-order chi connectivity index (χ1) is 8.15. The average Bonchev–Trinajstić information content (AvgIpc) is 2.68. The zero-order valence-electron chi connectivity index (χ0n) is 9.14. The first-order valence-corrected chi connectivity index (χ1v) is 5.34. The third kappa shape index (κ3) is 2.09. The van der Waals surface area contributed by atoms with E-state index in [1.807, 2.05) is 12.1 Å². The molecule has 5 heteroatoms. The molecule has 1 aromatic carbocycles. The molecule has 0 aliphatic heterocycles. The number of rotatable bonds is 4. The Hall–Kier alpha value is -1.65. The minimum absolute atomic E-state index is 0.303. The van der Waals surface area contributed by atoms with E-state index in [0.29, 0.717) is 17.7 Å². The Bertz CT molecular complexity index is 588. The smallest absolute Gasteiger partial charge is 0.293 e. The van der Waals surface area contributed by atoms with E-state index in [9.17, 15) is 9.59 Å².